The van der Waals surface area contributed by atoms with E-state index in [-0.39, 0.29) is 32.9 Å². The summed E-state index contributed by atoms with van der Waals surface area (Å²) in [6.45, 7) is 4.80. The van der Waals surface area contributed by atoms with E-state index in [0.717, 1.165) is 70.3 Å². The van der Waals surface area contributed by atoms with Crippen molar-refractivity contribution in [3.8, 4) is 11.4 Å². The van der Waals surface area contributed by atoms with E-state index in [2.05, 4.69) is 25.9 Å². The Balaban J connectivity index is 1.58. The van der Waals surface area contributed by atoms with E-state index in [0.29, 0.717) is 13.1 Å². The molecule has 2 aromatic carbocycles. The van der Waals surface area contributed by atoms with E-state index in [9.17, 15) is 22.0 Å². The van der Waals surface area contributed by atoms with Gasteiger partial charge in [-0.05, 0) is 88.7 Å². The lowest BCUT2D eigenvalue weighted by Gasteiger charge is -2.11. The minimum atomic E-state index is -3.59. The SMILES string of the molecule is CS(=O)(=O)c1ccc(-c2nc3cc(NCCCNCCCCNCCCN)c(F)cc3c(=O)[nH]2)c(F)c1. The molecule has 6 N–H and O–H groups in total. The molecule has 0 aliphatic rings. The number of hydrogen-bond donors (Lipinski definition) is 5. The van der Waals surface area contributed by atoms with Crippen molar-refractivity contribution in [2.24, 2.45) is 5.73 Å². The van der Waals surface area contributed by atoms with Gasteiger partial charge in [0, 0.05) is 12.8 Å². The van der Waals surface area contributed by atoms with Crippen LogP contribution >= 0.6 is 0 Å². The number of aromatic nitrogens is 2. The van der Waals surface area contributed by atoms with E-state index >= 15 is 0 Å². The third kappa shape index (κ3) is 8.29. The zero-order valence-corrected chi connectivity index (χ0v) is 21.7. The maximum atomic E-state index is 14.6. The van der Waals surface area contributed by atoms with E-state index in [1.807, 2.05) is 0 Å². The number of nitrogens with two attached hydrogens (primary N) is 1. The highest BCUT2D eigenvalue weighted by Crippen LogP contribution is 2.25. The van der Waals surface area contributed by atoms with Crippen molar-refractivity contribution < 1.29 is 17.2 Å². The molecule has 0 bridgehead atoms. The quantitative estimate of drug-likeness (QED) is 0.186. The number of benzene rings is 2. The van der Waals surface area contributed by atoms with Crippen LogP contribution < -0.4 is 27.2 Å². The summed E-state index contributed by atoms with van der Waals surface area (Å²) in [5.74, 6) is -1.51. The Labute approximate surface area is 215 Å². The third-order valence-electron chi connectivity index (χ3n) is 5.78. The lowest BCUT2D eigenvalue weighted by Crippen LogP contribution is -2.22. The Morgan fingerprint density at radius 2 is 1.59 bits per heavy atom. The summed E-state index contributed by atoms with van der Waals surface area (Å²) in [5, 5.41) is 9.75. The molecule has 3 rings (SSSR count). The van der Waals surface area contributed by atoms with Gasteiger partial charge in [-0.15, -0.1) is 0 Å². The molecular weight excluding hydrogens is 502 g/mol. The molecule has 0 unspecified atom stereocenters. The van der Waals surface area contributed by atoms with Crippen molar-refractivity contribution in [2.45, 2.75) is 30.6 Å². The number of rotatable bonds is 15. The molecule has 0 atom stereocenters. The molecule has 1 aromatic heterocycles. The molecule has 0 aliphatic carbocycles. The fraction of sp³-hybridized carbons (Fsp3) is 0.440. The Kier molecular flexibility index (Phi) is 10.5. The van der Waals surface area contributed by atoms with Gasteiger partial charge in [0.05, 0.1) is 27.0 Å². The molecule has 0 radical (unpaired) electrons. The first-order chi connectivity index (χ1) is 17.7. The fourth-order valence-electron chi connectivity index (χ4n) is 3.75. The molecule has 0 saturated carbocycles. The van der Waals surface area contributed by atoms with Crippen LogP contribution in [0.15, 0.2) is 40.0 Å². The van der Waals surface area contributed by atoms with Gasteiger partial charge in [0.25, 0.3) is 5.56 Å². The second kappa shape index (κ2) is 13.6. The normalized spacial score (nSPS) is 11.8. The summed E-state index contributed by atoms with van der Waals surface area (Å²) in [6, 6.07) is 5.86. The Morgan fingerprint density at radius 3 is 2.24 bits per heavy atom. The summed E-state index contributed by atoms with van der Waals surface area (Å²) in [5.41, 5.74) is 5.13. The van der Waals surface area contributed by atoms with Crippen LogP contribution in [0.4, 0.5) is 14.5 Å². The third-order valence-corrected chi connectivity index (χ3v) is 6.89. The number of anilines is 1. The average Bonchev–Trinajstić information content (AvgIpc) is 2.84. The maximum Gasteiger partial charge on any atom is 0.259 e. The van der Waals surface area contributed by atoms with Crippen molar-refractivity contribution in [1.82, 2.24) is 20.6 Å². The van der Waals surface area contributed by atoms with Gasteiger partial charge in [-0.25, -0.2) is 22.2 Å². The Hall–Kier alpha value is -2.93. The van der Waals surface area contributed by atoms with E-state index in [1.165, 1.54) is 18.2 Å². The second-order valence-corrected chi connectivity index (χ2v) is 10.8. The van der Waals surface area contributed by atoms with E-state index < -0.39 is 27.0 Å². The number of hydrogen-bond acceptors (Lipinski definition) is 8. The molecule has 1 heterocycles. The minimum absolute atomic E-state index is 0.0270. The monoisotopic (exact) mass is 536 g/mol. The van der Waals surface area contributed by atoms with Gasteiger partial charge in [-0.2, -0.15) is 0 Å². The first kappa shape index (κ1) is 28.6. The van der Waals surface area contributed by atoms with E-state index in [4.69, 9.17) is 5.73 Å². The van der Waals surface area contributed by atoms with Crippen LogP contribution in [0.2, 0.25) is 0 Å². The summed E-state index contributed by atoms with van der Waals surface area (Å²) >= 11 is 0. The van der Waals surface area contributed by atoms with Crippen molar-refractivity contribution in [3.63, 3.8) is 0 Å². The lowest BCUT2D eigenvalue weighted by atomic mass is 10.1. The number of fused-ring (bicyclic) bond motifs is 1. The number of halogens is 2. The predicted octanol–water partition coefficient (Wildman–Crippen LogP) is 2.38. The summed E-state index contributed by atoms with van der Waals surface area (Å²) < 4.78 is 52.5. The van der Waals surface area contributed by atoms with Gasteiger partial charge >= 0.3 is 0 Å². The minimum Gasteiger partial charge on any atom is -0.383 e. The largest absolute Gasteiger partial charge is 0.383 e. The number of sulfone groups is 1. The Morgan fingerprint density at radius 1 is 0.919 bits per heavy atom. The lowest BCUT2D eigenvalue weighted by molar-refractivity contribution is 0.571. The first-order valence-electron chi connectivity index (χ1n) is 12.3. The molecule has 3 aromatic rings. The van der Waals surface area contributed by atoms with Crippen molar-refractivity contribution in [3.05, 3.63) is 52.3 Å². The van der Waals surface area contributed by atoms with Crippen molar-refractivity contribution >= 4 is 26.4 Å². The number of H-pyrrole nitrogens is 1. The van der Waals surface area contributed by atoms with Crippen LogP contribution in [0, 0.1) is 11.6 Å². The van der Waals surface area contributed by atoms with Crippen molar-refractivity contribution in [1.29, 1.82) is 0 Å². The zero-order chi connectivity index (χ0) is 26.8. The summed E-state index contributed by atoms with van der Waals surface area (Å²) in [4.78, 5) is 19.1. The van der Waals surface area contributed by atoms with Crippen LogP contribution in [0.1, 0.15) is 25.7 Å². The zero-order valence-electron chi connectivity index (χ0n) is 20.9. The molecule has 12 heteroatoms. The standard InChI is InChI=1S/C25H34F2N6O3S/c1-37(35,36)17-6-7-18(20(26)14-17)24-32-22-16-23(21(27)15-19(22)25(34)33-24)31-13-5-12-30-10-3-2-9-29-11-4-8-28/h6-7,14-16,29-31H,2-5,8-13,28H2,1H3,(H,32,33,34). The summed E-state index contributed by atoms with van der Waals surface area (Å²) in [6.07, 6.45) is 4.86. The fourth-order valence-corrected chi connectivity index (χ4v) is 4.39. The number of nitrogens with one attached hydrogen (secondary N) is 4. The van der Waals surface area contributed by atoms with Crippen LogP contribution in [0.5, 0.6) is 0 Å². The smallest absolute Gasteiger partial charge is 0.259 e. The number of nitrogens with zero attached hydrogens (tertiary/aromatic N) is 1. The number of unbranched alkanes of at least 4 members (excludes halogenated alkanes) is 1. The summed E-state index contributed by atoms with van der Waals surface area (Å²) in [7, 11) is -3.59. The molecule has 0 aliphatic heterocycles. The van der Waals surface area contributed by atoms with Gasteiger partial charge in [0.1, 0.15) is 17.5 Å². The molecule has 0 amide bonds. The predicted molar refractivity (Wildman–Crippen MR) is 143 cm³/mol. The molecule has 0 spiro atoms. The molecule has 9 nitrogen and oxygen atoms in total. The van der Waals surface area contributed by atoms with Crippen LogP contribution in [0.25, 0.3) is 22.3 Å². The molecular formula is C25H34F2N6O3S. The number of aromatic amines is 1. The first-order valence-corrected chi connectivity index (χ1v) is 14.2. The second-order valence-electron chi connectivity index (χ2n) is 8.81. The van der Waals surface area contributed by atoms with Gasteiger partial charge < -0.3 is 26.7 Å². The van der Waals surface area contributed by atoms with Gasteiger partial charge in [0.2, 0.25) is 0 Å². The topological polar surface area (TPSA) is 142 Å². The van der Waals surface area contributed by atoms with E-state index in [1.54, 1.807) is 0 Å². The Bertz CT molecular complexity index is 1360. The van der Waals surface area contributed by atoms with Gasteiger partial charge in [-0.1, -0.05) is 0 Å². The molecule has 37 heavy (non-hydrogen) atoms. The molecule has 202 valence electrons. The molecule has 0 fully saturated rings. The van der Waals surface area contributed by atoms with Crippen molar-refractivity contribution in [2.75, 3.05) is 50.8 Å². The average molecular weight is 537 g/mol. The van der Waals surface area contributed by atoms with Gasteiger partial charge in [0.15, 0.2) is 9.84 Å². The molecule has 0 saturated heterocycles. The highest BCUT2D eigenvalue weighted by Gasteiger charge is 2.16. The van der Waals surface area contributed by atoms with Gasteiger partial charge in [-0.3, -0.25) is 4.79 Å². The highest BCUT2D eigenvalue weighted by atomic mass is 32.2. The highest BCUT2D eigenvalue weighted by molar-refractivity contribution is 7.90. The maximum absolute atomic E-state index is 14.6. The van der Waals surface area contributed by atoms with Crippen LogP contribution in [-0.2, 0) is 9.84 Å². The van der Waals surface area contributed by atoms with Crippen LogP contribution in [0.3, 0.4) is 0 Å². The van der Waals surface area contributed by atoms with Crippen LogP contribution in [-0.4, -0.2) is 63.9 Å².